The van der Waals surface area contributed by atoms with Gasteiger partial charge in [-0.2, -0.15) is 10.1 Å². The minimum Gasteiger partial charge on any atom is -0.465 e. The van der Waals surface area contributed by atoms with E-state index in [1.807, 2.05) is 19.4 Å². The van der Waals surface area contributed by atoms with Gasteiger partial charge in [-0.05, 0) is 18.7 Å². The van der Waals surface area contributed by atoms with Crippen molar-refractivity contribution in [2.45, 2.75) is 20.0 Å². The van der Waals surface area contributed by atoms with E-state index in [-0.39, 0.29) is 5.97 Å². The van der Waals surface area contributed by atoms with Crippen LogP contribution in [-0.4, -0.2) is 44.4 Å². The standard InChI is InChI=1S/C18H21N5O3/c1-4-23(11-13-9-19-22(2)10-13)12-16-20-17(21-26-16)14-5-7-15(8-6-14)18(24)25-3/h5-10H,4,11-12H2,1-3H3. The minimum atomic E-state index is -0.376. The van der Waals surface area contributed by atoms with Crippen molar-refractivity contribution in [2.24, 2.45) is 7.05 Å². The van der Waals surface area contributed by atoms with Gasteiger partial charge in [0.1, 0.15) is 0 Å². The van der Waals surface area contributed by atoms with Crippen molar-refractivity contribution in [1.29, 1.82) is 0 Å². The third-order valence-corrected chi connectivity index (χ3v) is 4.00. The molecule has 0 saturated carbocycles. The smallest absolute Gasteiger partial charge is 0.337 e. The van der Waals surface area contributed by atoms with Gasteiger partial charge in [-0.25, -0.2) is 4.79 Å². The van der Waals surface area contributed by atoms with E-state index in [9.17, 15) is 4.79 Å². The summed E-state index contributed by atoms with van der Waals surface area (Å²) in [5.41, 5.74) is 2.39. The van der Waals surface area contributed by atoms with Gasteiger partial charge < -0.3 is 9.26 Å². The minimum absolute atomic E-state index is 0.376. The molecule has 0 saturated heterocycles. The van der Waals surface area contributed by atoms with Crippen molar-refractivity contribution in [2.75, 3.05) is 13.7 Å². The Hall–Kier alpha value is -3.00. The SMILES string of the molecule is CCN(Cc1cnn(C)c1)Cc1nc(-c2ccc(C(=O)OC)cc2)no1. The number of nitrogens with zero attached hydrogens (tertiary/aromatic N) is 5. The second kappa shape index (κ2) is 7.92. The number of benzene rings is 1. The number of ether oxygens (including phenoxy) is 1. The van der Waals surface area contributed by atoms with Gasteiger partial charge in [0.15, 0.2) is 0 Å². The van der Waals surface area contributed by atoms with Crippen LogP contribution < -0.4 is 0 Å². The number of aromatic nitrogens is 4. The summed E-state index contributed by atoms with van der Waals surface area (Å²) in [6.07, 6.45) is 3.84. The molecule has 0 atom stereocenters. The Labute approximate surface area is 151 Å². The van der Waals surface area contributed by atoms with E-state index in [1.54, 1.807) is 28.9 Å². The molecule has 3 aromatic rings. The third-order valence-electron chi connectivity index (χ3n) is 4.00. The number of esters is 1. The van der Waals surface area contributed by atoms with Crippen LogP contribution in [0.4, 0.5) is 0 Å². The van der Waals surface area contributed by atoms with E-state index in [1.165, 1.54) is 7.11 Å². The number of rotatable bonds is 7. The lowest BCUT2D eigenvalue weighted by Crippen LogP contribution is -2.22. The largest absolute Gasteiger partial charge is 0.465 e. The Balaban J connectivity index is 1.67. The van der Waals surface area contributed by atoms with E-state index in [2.05, 4.69) is 27.1 Å². The molecule has 0 fully saturated rings. The molecule has 0 radical (unpaired) electrons. The first-order chi connectivity index (χ1) is 12.6. The molecule has 26 heavy (non-hydrogen) atoms. The average molecular weight is 355 g/mol. The van der Waals surface area contributed by atoms with Crippen LogP contribution in [0.5, 0.6) is 0 Å². The van der Waals surface area contributed by atoms with Gasteiger partial charge in [-0.15, -0.1) is 0 Å². The lowest BCUT2D eigenvalue weighted by atomic mass is 10.1. The van der Waals surface area contributed by atoms with E-state index in [4.69, 9.17) is 9.26 Å². The highest BCUT2D eigenvalue weighted by Gasteiger charge is 2.14. The molecule has 0 aliphatic rings. The Morgan fingerprint density at radius 2 is 2.04 bits per heavy atom. The maximum Gasteiger partial charge on any atom is 0.337 e. The lowest BCUT2D eigenvalue weighted by molar-refractivity contribution is 0.0601. The monoisotopic (exact) mass is 355 g/mol. The average Bonchev–Trinajstić information content (AvgIpc) is 3.29. The Morgan fingerprint density at radius 3 is 2.65 bits per heavy atom. The van der Waals surface area contributed by atoms with Gasteiger partial charge in [0.2, 0.25) is 11.7 Å². The fraction of sp³-hybridized carbons (Fsp3) is 0.333. The molecule has 8 heteroatoms. The van der Waals surface area contributed by atoms with Crippen LogP contribution in [0.1, 0.15) is 28.7 Å². The number of hydrogen-bond acceptors (Lipinski definition) is 7. The Kier molecular flexibility index (Phi) is 5.43. The highest BCUT2D eigenvalue weighted by molar-refractivity contribution is 5.89. The zero-order chi connectivity index (χ0) is 18.5. The Morgan fingerprint density at radius 1 is 1.27 bits per heavy atom. The first kappa shape index (κ1) is 17.8. The highest BCUT2D eigenvalue weighted by Crippen LogP contribution is 2.18. The van der Waals surface area contributed by atoms with Gasteiger partial charge in [0.25, 0.3) is 0 Å². The summed E-state index contributed by atoms with van der Waals surface area (Å²) in [6.45, 7) is 4.24. The molecule has 0 N–H and O–H groups in total. The summed E-state index contributed by atoms with van der Waals surface area (Å²) in [4.78, 5) is 18.1. The molecule has 0 spiro atoms. The van der Waals surface area contributed by atoms with Crippen molar-refractivity contribution in [3.05, 3.63) is 53.7 Å². The fourth-order valence-corrected chi connectivity index (χ4v) is 2.59. The van der Waals surface area contributed by atoms with Gasteiger partial charge in [0, 0.05) is 30.9 Å². The summed E-state index contributed by atoms with van der Waals surface area (Å²) < 4.78 is 11.9. The summed E-state index contributed by atoms with van der Waals surface area (Å²) in [7, 11) is 3.25. The third kappa shape index (κ3) is 4.15. The van der Waals surface area contributed by atoms with Crippen LogP contribution in [0.3, 0.4) is 0 Å². The fourth-order valence-electron chi connectivity index (χ4n) is 2.59. The lowest BCUT2D eigenvalue weighted by Gasteiger charge is -2.16. The summed E-state index contributed by atoms with van der Waals surface area (Å²) >= 11 is 0. The molecule has 2 aromatic heterocycles. The second-order valence-electron chi connectivity index (χ2n) is 5.91. The number of aryl methyl sites for hydroxylation is 1. The molecule has 0 aliphatic carbocycles. The van der Waals surface area contributed by atoms with Crippen LogP contribution in [0.2, 0.25) is 0 Å². The van der Waals surface area contributed by atoms with Crippen LogP contribution >= 0.6 is 0 Å². The van der Waals surface area contributed by atoms with Crippen LogP contribution in [0.25, 0.3) is 11.4 Å². The maximum atomic E-state index is 11.5. The second-order valence-corrected chi connectivity index (χ2v) is 5.91. The van der Waals surface area contributed by atoms with E-state index < -0.39 is 0 Å². The predicted octanol–water partition coefficient (Wildman–Crippen LogP) is 2.28. The van der Waals surface area contributed by atoms with Crippen LogP contribution in [0.15, 0.2) is 41.2 Å². The Bertz CT molecular complexity index is 869. The molecule has 0 aliphatic heterocycles. The number of hydrogen-bond donors (Lipinski definition) is 0. The van der Waals surface area contributed by atoms with Gasteiger partial charge in [-0.3, -0.25) is 9.58 Å². The van der Waals surface area contributed by atoms with Crippen LogP contribution in [-0.2, 0) is 24.9 Å². The molecule has 2 heterocycles. The first-order valence-corrected chi connectivity index (χ1v) is 8.30. The van der Waals surface area contributed by atoms with E-state index in [0.29, 0.717) is 23.8 Å². The van der Waals surface area contributed by atoms with E-state index in [0.717, 1.165) is 24.2 Å². The van der Waals surface area contributed by atoms with Gasteiger partial charge in [0.05, 0.1) is 25.4 Å². The molecule has 3 rings (SSSR count). The molecule has 8 nitrogen and oxygen atoms in total. The van der Waals surface area contributed by atoms with Crippen LogP contribution in [0, 0.1) is 0 Å². The molecule has 136 valence electrons. The zero-order valence-corrected chi connectivity index (χ0v) is 15.0. The molecule has 1 aromatic carbocycles. The molecule has 0 bridgehead atoms. The molecule has 0 unspecified atom stereocenters. The zero-order valence-electron chi connectivity index (χ0n) is 15.0. The van der Waals surface area contributed by atoms with Crippen molar-refractivity contribution in [3.63, 3.8) is 0 Å². The number of carbonyl (C=O) groups is 1. The van der Waals surface area contributed by atoms with Gasteiger partial charge in [-0.1, -0.05) is 24.2 Å². The summed E-state index contributed by atoms with van der Waals surface area (Å²) in [5, 5.41) is 8.22. The van der Waals surface area contributed by atoms with Crippen molar-refractivity contribution < 1.29 is 14.1 Å². The van der Waals surface area contributed by atoms with Gasteiger partial charge >= 0.3 is 5.97 Å². The maximum absolute atomic E-state index is 11.5. The van der Waals surface area contributed by atoms with Crippen molar-refractivity contribution in [1.82, 2.24) is 24.8 Å². The molecular weight excluding hydrogens is 334 g/mol. The molecular formula is C18H21N5O3. The quantitative estimate of drug-likeness (QED) is 0.601. The summed E-state index contributed by atoms with van der Waals surface area (Å²) in [5.74, 6) is 0.663. The highest BCUT2D eigenvalue weighted by atomic mass is 16.5. The molecule has 0 amide bonds. The number of carbonyl (C=O) groups excluding carboxylic acids is 1. The first-order valence-electron chi connectivity index (χ1n) is 8.30. The number of methoxy groups -OCH3 is 1. The topological polar surface area (TPSA) is 86.3 Å². The summed E-state index contributed by atoms with van der Waals surface area (Å²) in [6, 6.07) is 6.90. The normalized spacial score (nSPS) is 11.1. The van der Waals surface area contributed by atoms with Crippen molar-refractivity contribution in [3.8, 4) is 11.4 Å². The van der Waals surface area contributed by atoms with E-state index >= 15 is 0 Å². The van der Waals surface area contributed by atoms with Crippen molar-refractivity contribution >= 4 is 5.97 Å². The predicted molar refractivity (Wildman–Crippen MR) is 94.1 cm³/mol.